The van der Waals surface area contributed by atoms with Gasteiger partial charge in [0.15, 0.2) is 0 Å². The first-order valence-corrected chi connectivity index (χ1v) is 10.8. The topological polar surface area (TPSA) is 94.8 Å². The van der Waals surface area contributed by atoms with Crippen LogP contribution in [0.25, 0.3) is 0 Å². The van der Waals surface area contributed by atoms with E-state index in [1.165, 1.54) is 6.42 Å². The Kier molecular flexibility index (Phi) is 8.90. The lowest BCUT2D eigenvalue weighted by Gasteiger charge is -2.45. The van der Waals surface area contributed by atoms with Crippen molar-refractivity contribution in [1.82, 2.24) is 0 Å². The van der Waals surface area contributed by atoms with Gasteiger partial charge in [0, 0.05) is 24.7 Å². The zero-order valence-corrected chi connectivity index (χ0v) is 17.1. The summed E-state index contributed by atoms with van der Waals surface area (Å²) in [6.45, 7) is 2.16. The van der Waals surface area contributed by atoms with Gasteiger partial charge in [-0.1, -0.05) is 44.1 Å². The largest absolute Gasteiger partial charge is 0.481 e. The molecule has 0 amide bonds. The van der Waals surface area contributed by atoms with E-state index in [4.69, 9.17) is 5.11 Å². The number of carboxylic acids is 1. The second-order valence-electron chi connectivity index (χ2n) is 8.56. The normalized spacial score (nSPS) is 28.1. The third-order valence-electron chi connectivity index (χ3n) is 6.57. The first-order chi connectivity index (χ1) is 13.4. The number of unbranched alkanes of at least 4 members (excludes halogenated alkanes) is 1. The van der Waals surface area contributed by atoms with Gasteiger partial charge >= 0.3 is 5.97 Å². The molecule has 0 saturated heterocycles. The van der Waals surface area contributed by atoms with Crippen LogP contribution in [0.15, 0.2) is 24.3 Å². The van der Waals surface area contributed by atoms with Crippen LogP contribution in [0.3, 0.4) is 0 Å². The molecule has 2 fully saturated rings. The molecule has 2 rings (SSSR count). The Morgan fingerprint density at radius 1 is 1.29 bits per heavy atom. The molecule has 2 saturated carbocycles. The fourth-order valence-corrected chi connectivity index (χ4v) is 4.75. The highest BCUT2D eigenvalue weighted by atomic mass is 16.4. The van der Waals surface area contributed by atoms with E-state index in [0.717, 1.165) is 25.7 Å². The standard InChI is InChI=1S/C23H36O5/c1-2-13-23(14-8-15-23)21(26)11-7-10-18-17(19(24)16-20(18)25)9-5-3-4-6-12-22(27)28/h3,5,7,10,17-18,20-21,25-26H,2,4,6,8-9,11-16H2,1H3,(H,27,28)/t17-,18-,20?,21?/m1/s1. The predicted octanol–water partition coefficient (Wildman–Crippen LogP) is 4.03. The molecule has 0 bridgehead atoms. The van der Waals surface area contributed by atoms with Crippen LogP contribution in [0.1, 0.15) is 77.6 Å². The summed E-state index contributed by atoms with van der Waals surface area (Å²) in [4.78, 5) is 22.8. The molecule has 2 aliphatic rings. The fraction of sp³-hybridized carbons (Fsp3) is 0.739. The van der Waals surface area contributed by atoms with Gasteiger partial charge in [0.2, 0.25) is 0 Å². The molecule has 2 unspecified atom stereocenters. The molecule has 0 spiro atoms. The van der Waals surface area contributed by atoms with E-state index < -0.39 is 12.1 Å². The Morgan fingerprint density at radius 3 is 2.64 bits per heavy atom. The lowest BCUT2D eigenvalue weighted by atomic mass is 9.62. The first kappa shape index (κ1) is 22.8. The number of allylic oxidation sites excluding steroid dienone is 2. The molecule has 3 N–H and O–H groups in total. The van der Waals surface area contributed by atoms with Crippen molar-refractivity contribution in [2.75, 3.05) is 0 Å². The van der Waals surface area contributed by atoms with Crippen LogP contribution in [0.2, 0.25) is 0 Å². The summed E-state index contributed by atoms with van der Waals surface area (Å²) in [6.07, 6.45) is 15.0. The van der Waals surface area contributed by atoms with Crippen molar-refractivity contribution in [3.05, 3.63) is 24.3 Å². The number of carbonyl (C=O) groups excluding carboxylic acids is 1. The monoisotopic (exact) mass is 392 g/mol. The van der Waals surface area contributed by atoms with Crippen LogP contribution < -0.4 is 0 Å². The molecule has 0 aromatic rings. The first-order valence-electron chi connectivity index (χ1n) is 10.8. The summed E-state index contributed by atoms with van der Waals surface area (Å²) in [6, 6.07) is 0. The minimum Gasteiger partial charge on any atom is -0.481 e. The number of Topliss-reactive ketones (excluding diaryl/α,β-unsaturated/α-hetero) is 1. The quantitative estimate of drug-likeness (QED) is 0.344. The second-order valence-corrected chi connectivity index (χ2v) is 8.56. The van der Waals surface area contributed by atoms with Gasteiger partial charge in [0.1, 0.15) is 5.78 Å². The second kappa shape index (κ2) is 10.9. The van der Waals surface area contributed by atoms with E-state index in [-0.39, 0.29) is 42.0 Å². The van der Waals surface area contributed by atoms with Crippen molar-refractivity contribution in [2.24, 2.45) is 17.3 Å². The molecular weight excluding hydrogens is 356 g/mol. The highest BCUT2D eigenvalue weighted by Crippen LogP contribution is 2.48. The van der Waals surface area contributed by atoms with Crippen molar-refractivity contribution >= 4 is 11.8 Å². The molecule has 0 radical (unpaired) electrons. The van der Waals surface area contributed by atoms with Crippen LogP contribution in [0.5, 0.6) is 0 Å². The Morgan fingerprint density at radius 2 is 2.04 bits per heavy atom. The average molecular weight is 393 g/mol. The van der Waals surface area contributed by atoms with Crippen LogP contribution in [-0.2, 0) is 9.59 Å². The number of hydrogen-bond acceptors (Lipinski definition) is 4. The van der Waals surface area contributed by atoms with Crippen molar-refractivity contribution in [2.45, 2.75) is 89.8 Å². The maximum Gasteiger partial charge on any atom is 0.303 e. The van der Waals surface area contributed by atoms with Gasteiger partial charge < -0.3 is 15.3 Å². The molecule has 0 aromatic heterocycles. The molecule has 0 aromatic carbocycles. The van der Waals surface area contributed by atoms with Crippen LogP contribution in [0.4, 0.5) is 0 Å². The number of carboxylic acid groups (broad SMARTS) is 1. The van der Waals surface area contributed by atoms with Crippen LogP contribution in [0, 0.1) is 17.3 Å². The summed E-state index contributed by atoms with van der Waals surface area (Å²) in [5, 5.41) is 29.6. The highest BCUT2D eigenvalue weighted by Gasteiger charge is 2.42. The summed E-state index contributed by atoms with van der Waals surface area (Å²) >= 11 is 0. The minimum absolute atomic E-state index is 0.0707. The smallest absolute Gasteiger partial charge is 0.303 e. The van der Waals surface area contributed by atoms with E-state index in [0.29, 0.717) is 25.7 Å². The van der Waals surface area contributed by atoms with Gasteiger partial charge in [-0.15, -0.1) is 0 Å². The summed E-state index contributed by atoms with van der Waals surface area (Å²) < 4.78 is 0. The van der Waals surface area contributed by atoms with Gasteiger partial charge in [-0.25, -0.2) is 0 Å². The Hall–Kier alpha value is -1.46. The van der Waals surface area contributed by atoms with E-state index in [2.05, 4.69) is 6.92 Å². The lowest BCUT2D eigenvalue weighted by Crippen LogP contribution is -2.41. The molecule has 5 nitrogen and oxygen atoms in total. The molecule has 158 valence electrons. The Balaban J connectivity index is 1.85. The minimum atomic E-state index is -0.794. The van der Waals surface area contributed by atoms with Crippen molar-refractivity contribution < 1.29 is 24.9 Å². The third kappa shape index (κ3) is 6.02. The highest BCUT2D eigenvalue weighted by molar-refractivity contribution is 5.84. The maximum absolute atomic E-state index is 12.2. The Bertz CT molecular complexity index is 576. The van der Waals surface area contributed by atoms with Gasteiger partial charge in [-0.3, -0.25) is 9.59 Å². The average Bonchev–Trinajstić information content (AvgIpc) is 2.87. The van der Waals surface area contributed by atoms with Crippen molar-refractivity contribution in [3.8, 4) is 0 Å². The number of ketones is 1. The summed E-state index contributed by atoms with van der Waals surface area (Å²) in [5.41, 5.74) is 0.0707. The number of carbonyl (C=O) groups is 2. The van der Waals surface area contributed by atoms with Gasteiger partial charge in [-0.2, -0.15) is 0 Å². The van der Waals surface area contributed by atoms with Gasteiger partial charge in [0.25, 0.3) is 0 Å². The third-order valence-corrected chi connectivity index (χ3v) is 6.57. The number of aliphatic hydroxyl groups is 2. The van der Waals surface area contributed by atoms with Crippen LogP contribution in [-0.4, -0.2) is 39.3 Å². The Labute approximate surface area is 168 Å². The van der Waals surface area contributed by atoms with E-state index in [1.807, 2.05) is 24.3 Å². The zero-order valence-electron chi connectivity index (χ0n) is 17.1. The van der Waals surface area contributed by atoms with E-state index in [9.17, 15) is 19.8 Å². The number of aliphatic hydroxyl groups excluding tert-OH is 2. The lowest BCUT2D eigenvalue weighted by molar-refractivity contribution is -0.137. The molecule has 5 heteroatoms. The predicted molar refractivity (Wildman–Crippen MR) is 109 cm³/mol. The van der Waals surface area contributed by atoms with E-state index in [1.54, 1.807) is 0 Å². The summed E-state index contributed by atoms with van der Waals surface area (Å²) in [5.74, 6) is -1.14. The molecule has 4 atom stereocenters. The SMILES string of the molecule is CCCC1(C(O)CC=C[C@H]2C(O)CC(=O)[C@@H]2CC=CCCCC(=O)O)CCC1. The molecule has 0 heterocycles. The van der Waals surface area contributed by atoms with Crippen molar-refractivity contribution in [3.63, 3.8) is 0 Å². The molecule has 28 heavy (non-hydrogen) atoms. The summed E-state index contributed by atoms with van der Waals surface area (Å²) in [7, 11) is 0. The van der Waals surface area contributed by atoms with Gasteiger partial charge in [-0.05, 0) is 50.4 Å². The van der Waals surface area contributed by atoms with Crippen molar-refractivity contribution in [1.29, 1.82) is 0 Å². The fourth-order valence-electron chi connectivity index (χ4n) is 4.75. The zero-order chi connectivity index (χ0) is 20.6. The van der Waals surface area contributed by atoms with Gasteiger partial charge in [0.05, 0.1) is 12.2 Å². The number of rotatable bonds is 12. The molecule has 0 aliphatic heterocycles. The number of hydrogen-bond donors (Lipinski definition) is 3. The number of aliphatic carboxylic acids is 1. The van der Waals surface area contributed by atoms with E-state index >= 15 is 0 Å². The molecule has 2 aliphatic carbocycles. The molecular formula is C23H36O5. The van der Waals surface area contributed by atoms with Crippen LogP contribution >= 0.6 is 0 Å². The maximum atomic E-state index is 12.2.